The van der Waals surface area contributed by atoms with Crippen molar-refractivity contribution in [2.75, 3.05) is 68.8 Å². The van der Waals surface area contributed by atoms with Crippen molar-refractivity contribution in [2.24, 2.45) is 10.8 Å². The Kier molecular flexibility index (Phi) is 9.02. The minimum absolute atomic E-state index is 0. The Hall–Kier alpha value is -0.970. The first kappa shape index (κ1) is 26.6. The van der Waals surface area contributed by atoms with Crippen LogP contribution in [0, 0.1) is 10.8 Å². The van der Waals surface area contributed by atoms with Crippen molar-refractivity contribution in [1.29, 1.82) is 0 Å². The molecule has 4 nitrogen and oxygen atoms in total. The molecule has 0 atom stereocenters. The third kappa shape index (κ3) is 6.80. The van der Waals surface area contributed by atoms with Gasteiger partial charge >= 0.3 is 0 Å². The van der Waals surface area contributed by atoms with E-state index in [1.54, 1.807) is 5.56 Å². The SMILES string of the molecule is CCCCN1CCN(c2cc(N3CCOCC3)ccc2C2CC(C)(C)CC(C)(C)C2)CC1.Cl. The molecule has 0 unspecified atom stereocenters. The minimum Gasteiger partial charge on any atom is -0.378 e. The van der Waals surface area contributed by atoms with Crippen LogP contribution in [0.1, 0.15) is 78.2 Å². The highest BCUT2D eigenvalue weighted by atomic mass is 35.5. The molecule has 1 aromatic carbocycles. The second-order valence-electron chi connectivity index (χ2n) is 12.1. The van der Waals surface area contributed by atoms with Gasteiger partial charge in [-0.05, 0) is 66.7 Å². The monoisotopic (exact) mass is 477 g/mol. The highest BCUT2D eigenvalue weighted by Crippen LogP contribution is 2.53. The number of ether oxygens (including phenoxy) is 1. The van der Waals surface area contributed by atoms with Crippen LogP contribution < -0.4 is 9.80 Å². The van der Waals surface area contributed by atoms with Crippen LogP contribution in [0.4, 0.5) is 11.4 Å². The van der Waals surface area contributed by atoms with Gasteiger partial charge in [0.2, 0.25) is 0 Å². The third-order valence-corrected chi connectivity index (χ3v) is 7.93. The number of benzene rings is 1. The number of halogens is 1. The lowest BCUT2D eigenvalue weighted by molar-refractivity contribution is 0.0969. The molecule has 1 saturated carbocycles. The molecule has 1 aromatic rings. The molecule has 1 aliphatic carbocycles. The molecule has 5 heteroatoms. The smallest absolute Gasteiger partial charge is 0.0642 e. The number of hydrogen-bond donors (Lipinski definition) is 0. The van der Waals surface area contributed by atoms with E-state index in [9.17, 15) is 0 Å². The van der Waals surface area contributed by atoms with Crippen molar-refractivity contribution in [1.82, 2.24) is 4.90 Å². The fourth-order valence-corrected chi connectivity index (χ4v) is 6.83. The topological polar surface area (TPSA) is 19.0 Å². The molecular weight excluding hydrogens is 430 g/mol. The first-order chi connectivity index (χ1) is 15.3. The van der Waals surface area contributed by atoms with E-state index in [1.807, 2.05) is 0 Å². The number of nitrogens with zero attached hydrogens (tertiary/aromatic N) is 3. The summed E-state index contributed by atoms with van der Waals surface area (Å²) in [5, 5.41) is 0. The van der Waals surface area contributed by atoms with Gasteiger partial charge in [-0.25, -0.2) is 0 Å². The standard InChI is InChI=1S/C28H47N3O.ClH/c1-6-7-10-29-11-13-31(14-12-29)26-19-24(30-15-17-32-18-16-30)8-9-25(26)23-20-27(2,3)22-28(4,5)21-23;/h8-9,19,23H,6-7,10-18,20-22H2,1-5H3;1H. The summed E-state index contributed by atoms with van der Waals surface area (Å²) in [6, 6.07) is 7.42. The average Bonchev–Trinajstić information content (AvgIpc) is 2.76. The highest BCUT2D eigenvalue weighted by Gasteiger charge is 2.40. The third-order valence-electron chi connectivity index (χ3n) is 7.93. The fourth-order valence-electron chi connectivity index (χ4n) is 6.83. The van der Waals surface area contributed by atoms with E-state index in [0.717, 1.165) is 39.4 Å². The summed E-state index contributed by atoms with van der Waals surface area (Å²) in [4.78, 5) is 7.89. The van der Waals surface area contributed by atoms with E-state index in [0.29, 0.717) is 16.7 Å². The molecule has 188 valence electrons. The molecule has 0 radical (unpaired) electrons. The normalized spacial score (nSPS) is 23.9. The summed E-state index contributed by atoms with van der Waals surface area (Å²) in [6.45, 7) is 21.9. The maximum Gasteiger partial charge on any atom is 0.0642 e. The Balaban J connectivity index is 0.00000306. The number of unbranched alkanes of at least 4 members (excludes halogenated alkanes) is 1. The van der Waals surface area contributed by atoms with Crippen LogP contribution in [0.5, 0.6) is 0 Å². The zero-order valence-electron chi connectivity index (χ0n) is 21.9. The van der Waals surface area contributed by atoms with E-state index >= 15 is 0 Å². The van der Waals surface area contributed by atoms with Crippen molar-refractivity contribution in [3.63, 3.8) is 0 Å². The van der Waals surface area contributed by atoms with Crippen molar-refractivity contribution >= 4 is 23.8 Å². The number of hydrogen-bond acceptors (Lipinski definition) is 4. The Labute approximate surface area is 209 Å². The molecule has 2 saturated heterocycles. The molecule has 0 spiro atoms. The van der Waals surface area contributed by atoms with Gasteiger partial charge in [0.05, 0.1) is 13.2 Å². The quantitative estimate of drug-likeness (QED) is 0.486. The Bertz CT molecular complexity index is 736. The van der Waals surface area contributed by atoms with Crippen LogP contribution in [0.2, 0.25) is 0 Å². The van der Waals surface area contributed by atoms with Gasteiger partial charge in [-0.15, -0.1) is 12.4 Å². The van der Waals surface area contributed by atoms with Crippen LogP contribution >= 0.6 is 12.4 Å². The predicted octanol–water partition coefficient (Wildman–Crippen LogP) is 6.19. The summed E-state index contributed by atoms with van der Waals surface area (Å²) in [7, 11) is 0. The van der Waals surface area contributed by atoms with Gasteiger partial charge < -0.3 is 14.5 Å². The van der Waals surface area contributed by atoms with Crippen molar-refractivity contribution in [3.05, 3.63) is 23.8 Å². The molecule has 33 heavy (non-hydrogen) atoms. The van der Waals surface area contributed by atoms with Crippen molar-refractivity contribution < 1.29 is 4.74 Å². The maximum atomic E-state index is 5.62. The van der Waals surface area contributed by atoms with Gasteiger partial charge in [-0.3, -0.25) is 4.90 Å². The minimum atomic E-state index is 0. The van der Waals surface area contributed by atoms with E-state index in [4.69, 9.17) is 4.74 Å². The molecular formula is C28H48ClN3O. The molecule has 4 rings (SSSR count). The van der Waals surface area contributed by atoms with Crippen LogP contribution in [-0.4, -0.2) is 63.9 Å². The Morgan fingerprint density at radius 2 is 1.52 bits per heavy atom. The van der Waals surface area contributed by atoms with Gasteiger partial charge in [0.15, 0.2) is 0 Å². The van der Waals surface area contributed by atoms with Crippen LogP contribution in [-0.2, 0) is 4.74 Å². The summed E-state index contributed by atoms with van der Waals surface area (Å²) in [6.07, 6.45) is 6.55. The second kappa shape index (κ2) is 11.2. The summed E-state index contributed by atoms with van der Waals surface area (Å²) in [5.41, 5.74) is 5.32. The molecule has 0 aromatic heterocycles. The second-order valence-corrected chi connectivity index (χ2v) is 12.1. The summed E-state index contributed by atoms with van der Waals surface area (Å²) >= 11 is 0. The Morgan fingerprint density at radius 3 is 2.12 bits per heavy atom. The number of morpholine rings is 1. The lowest BCUT2D eigenvalue weighted by atomic mass is 9.60. The van der Waals surface area contributed by atoms with E-state index in [2.05, 4.69) is 67.5 Å². The highest BCUT2D eigenvalue weighted by molar-refractivity contribution is 5.85. The zero-order chi connectivity index (χ0) is 22.8. The predicted molar refractivity (Wildman–Crippen MR) is 144 cm³/mol. The van der Waals surface area contributed by atoms with Crippen LogP contribution in [0.25, 0.3) is 0 Å². The van der Waals surface area contributed by atoms with E-state index in [-0.39, 0.29) is 12.4 Å². The molecule has 0 bridgehead atoms. The first-order valence-corrected chi connectivity index (χ1v) is 13.2. The Morgan fingerprint density at radius 1 is 0.879 bits per heavy atom. The van der Waals surface area contributed by atoms with Crippen LogP contribution in [0.3, 0.4) is 0 Å². The largest absolute Gasteiger partial charge is 0.378 e. The number of anilines is 2. The molecule has 2 aliphatic heterocycles. The summed E-state index contributed by atoms with van der Waals surface area (Å²) < 4.78 is 5.62. The van der Waals surface area contributed by atoms with Gasteiger partial charge in [0, 0.05) is 50.6 Å². The lowest BCUT2D eigenvalue weighted by Crippen LogP contribution is -2.47. The number of rotatable bonds is 6. The van der Waals surface area contributed by atoms with Gasteiger partial charge in [-0.1, -0.05) is 47.1 Å². The molecule has 3 fully saturated rings. The van der Waals surface area contributed by atoms with Crippen molar-refractivity contribution in [3.8, 4) is 0 Å². The molecule has 0 N–H and O–H groups in total. The lowest BCUT2D eigenvalue weighted by Gasteiger charge is -2.46. The number of piperazine rings is 1. The molecule has 0 amide bonds. The van der Waals surface area contributed by atoms with Gasteiger partial charge in [0.25, 0.3) is 0 Å². The van der Waals surface area contributed by atoms with E-state index < -0.39 is 0 Å². The first-order valence-electron chi connectivity index (χ1n) is 13.2. The zero-order valence-corrected chi connectivity index (χ0v) is 22.7. The van der Waals surface area contributed by atoms with Gasteiger partial charge in [0.1, 0.15) is 0 Å². The molecule has 3 aliphatic rings. The van der Waals surface area contributed by atoms with Gasteiger partial charge in [-0.2, -0.15) is 0 Å². The fraction of sp³-hybridized carbons (Fsp3) is 0.786. The van der Waals surface area contributed by atoms with E-state index in [1.165, 1.54) is 63.1 Å². The maximum absolute atomic E-state index is 5.62. The summed E-state index contributed by atoms with van der Waals surface area (Å²) in [5.74, 6) is 0.653. The van der Waals surface area contributed by atoms with Crippen LogP contribution in [0.15, 0.2) is 18.2 Å². The average molecular weight is 478 g/mol. The van der Waals surface area contributed by atoms with Crippen molar-refractivity contribution in [2.45, 2.75) is 72.6 Å². The molecule has 2 heterocycles.